The first kappa shape index (κ1) is 7.65. The van der Waals surface area contributed by atoms with Crippen molar-refractivity contribution in [1.29, 1.82) is 0 Å². The lowest BCUT2D eigenvalue weighted by Crippen LogP contribution is -2.12. The maximum atomic E-state index is 10.7. The van der Waals surface area contributed by atoms with E-state index in [1.807, 2.05) is 0 Å². The van der Waals surface area contributed by atoms with Crippen molar-refractivity contribution in [3.8, 4) is 0 Å². The predicted octanol–water partition coefficient (Wildman–Crippen LogP) is -0.211. The van der Waals surface area contributed by atoms with Gasteiger partial charge in [0.25, 0.3) is 0 Å². The van der Waals surface area contributed by atoms with E-state index in [0.29, 0.717) is 12.1 Å². The van der Waals surface area contributed by atoms with Crippen LogP contribution in [0.2, 0.25) is 0 Å². The molecule has 58 valence electrons. The van der Waals surface area contributed by atoms with Crippen LogP contribution in [-0.4, -0.2) is 17.9 Å². The average Bonchev–Trinajstić information content (AvgIpc) is 1.85. The highest BCUT2D eigenvalue weighted by atomic mass is 16.1. The fourth-order valence-corrected chi connectivity index (χ4v) is 0.810. The Morgan fingerprint density at radius 1 is 1.73 bits per heavy atom. The average molecular weight is 152 g/mol. The molecule has 1 aliphatic rings. The Hall–Kier alpha value is -1.45. The molecule has 0 bridgehead atoms. The van der Waals surface area contributed by atoms with Gasteiger partial charge in [0.15, 0.2) is 5.78 Å². The predicted molar refractivity (Wildman–Crippen MR) is 40.0 cm³/mol. The minimum Gasteiger partial charge on any atom is -0.369 e. The van der Waals surface area contributed by atoms with Crippen LogP contribution in [0.5, 0.6) is 0 Å². The molecule has 1 rings (SSSR count). The molecule has 1 amide bonds. The van der Waals surface area contributed by atoms with E-state index in [2.05, 4.69) is 4.99 Å². The van der Waals surface area contributed by atoms with Gasteiger partial charge in [-0.1, -0.05) is 0 Å². The Bertz CT molecular complexity index is 253. The van der Waals surface area contributed by atoms with Gasteiger partial charge in [-0.05, 0) is 0 Å². The van der Waals surface area contributed by atoms with E-state index in [0.717, 1.165) is 0 Å². The Morgan fingerprint density at radius 3 is 3.00 bits per heavy atom. The van der Waals surface area contributed by atoms with Crippen LogP contribution in [0.4, 0.5) is 0 Å². The normalized spacial score (nSPS) is 16.4. The van der Waals surface area contributed by atoms with E-state index in [1.54, 1.807) is 0 Å². The van der Waals surface area contributed by atoms with Gasteiger partial charge < -0.3 is 5.73 Å². The standard InChI is InChI=1S/C7H8N2O2/c8-7(11)4-5-3-6(10)1-2-9-5/h2-3H,1,4H2,(H2,8,11). The zero-order valence-corrected chi connectivity index (χ0v) is 5.91. The Morgan fingerprint density at radius 2 is 2.45 bits per heavy atom. The fourth-order valence-electron chi connectivity index (χ4n) is 0.810. The monoisotopic (exact) mass is 152 g/mol. The molecule has 0 aromatic heterocycles. The van der Waals surface area contributed by atoms with Crippen LogP contribution in [0, 0.1) is 0 Å². The molecule has 2 N–H and O–H groups in total. The number of hydrogen-bond acceptors (Lipinski definition) is 3. The summed E-state index contributed by atoms with van der Waals surface area (Å²) in [6, 6.07) is 0. The molecule has 0 aromatic rings. The summed E-state index contributed by atoms with van der Waals surface area (Å²) < 4.78 is 0. The molecule has 0 radical (unpaired) electrons. The van der Waals surface area contributed by atoms with Gasteiger partial charge in [0, 0.05) is 18.7 Å². The summed E-state index contributed by atoms with van der Waals surface area (Å²) in [7, 11) is 0. The van der Waals surface area contributed by atoms with Crippen molar-refractivity contribution >= 4 is 17.9 Å². The van der Waals surface area contributed by atoms with Crippen molar-refractivity contribution in [2.75, 3.05) is 0 Å². The summed E-state index contributed by atoms with van der Waals surface area (Å²) in [6.07, 6.45) is 3.20. The molecule has 0 aromatic carbocycles. The summed E-state index contributed by atoms with van der Waals surface area (Å²) in [5.74, 6) is -0.501. The van der Waals surface area contributed by atoms with Crippen LogP contribution in [0.15, 0.2) is 16.8 Å². The Balaban J connectivity index is 2.64. The number of nitrogens with zero attached hydrogens (tertiary/aromatic N) is 1. The molecule has 1 aliphatic heterocycles. The first-order chi connectivity index (χ1) is 5.18. The first-order valence-corrected chi connectivity index (χ1v) is 3.22. The van der Waals surface area contributed by atoms with Gasteiger partial charge in [-0.2, -0.15) is 0 Å². The molecule has 0 saturated carbocycles. The van der Waals surface area contributed by atoms with Crippen LogP contribution < -0.4 is 5.73 Å². The third-order valence-electron chi connectivity index (χ3n) is 1.23. The van der Waals surface area contributed by atoms with Gasteiger partial charge in [-0.3, -0.25) is 14.6 Å². The van der Waals surface area contributed by atoms with Crippen LogP contribution in [0.1, 0.15) is 12.8 Å². The third kappa shape index (κ3) is 2.33. The molecular weight excluding hydrogens is 144 g/mol. The lowest BCUT2D eigenvalue weighted by atomic mass is 10.2. The van der Waals surface area contributed by atoms with Crippen molar-refractivity contribution in [3.63, 3.8) is 0 Å². The summed E-state index contributed by atoms with van der Waals surface area (Å²) in [5.41, 5.74) is 5.36. The van der Waals surface area contributed by atoms with E-state index < -0.39 is 5.91 Å². The van der Waals surface area contributed by atoms with E-state index in [1.165, 1.54) is 12.3 Å². The number of primary amides is 1. The largest absolute Gasteiger partial charge is 0.369 e. The zero-order chi connectivity index (χ0) is 8.27. The van der Waals surface area contributed by atoms with Crippen molar-refractivity contribution in [1.82, 2.24) is 0 Å². The minimum absolute atomic E-state index is 0.0312. The number of nitrogens with two attached hydrogens (primary N) is 1. The number of hydrogen-bond donors (Lipinski definition) is 1. The molecule has 11 heavy (non-hydrogen) atoms. The molecule has 0 unspecified atom stereocenters. The van der Waals surface area contributed by atoms with Gasteiger partial charge in [-0.25, -0.2) is 0 Å². The molecule has 0 spiro atoms. The van der Waals surface area contributed by atoms with Crippen LogP contribution in [0.25, 0.3) is 0 Å². The number of ketones is 1. The number of carbonyl (C=O) groups is 2. The highest BCUT2D eigenvalue weighted by Crippen LogP contribution is 2.06. The molecule has 1 heterocycles. The second-order valence-corrected chi connectivity index (χ2v) is 2.26. The van der Waals surface area contributed by atoms with Crippen molar-refractivity contribution in [3.05, 3.63) is 11.8 Å². The summed E-state index contributed by atoms with van der Waals surface area (Å²) in [6.45, 7) is 0. The molecule has 0 saturated heterocycles. The van der Waals surface area contributed by atoms with E-state index >= 15 is 0 Å². The summed E-state index contributed by atoms with van der Waals surface area (Å²) in [4.78, 5) is 24.9. The summed E-state index contributed by atoms with van der Waals surface area (Å²) >= 11 is 0. The Labute approximate surface area is 63.8 Å². The lowest BCUT2D eigenvalue weighted by Gasteiger charge is -2.01. The highest BCUT2D eigenvalue weighted by Gasteiger charge is 2.07. The van der Waals surface area contributed by atoms with Gasteiger partial charge in [0.05, 0.1) is 12.1 Å². The van der Waals surface area contributed by atoms with Gasteiger partial charge in [0.1, 0.15) is 0 Å². The molecular formula is C7H8N2O2. The molecule has 0 fully saturated rings. The molecule has 0 aliphatic carbocycles. The Kier molecular flexibility index (Phi) is 2.15. The third-order valence-corrected chi connectivity index (χ3v) is 1.23. The van der Waals surface area contributed by atoms with E-state index in [-0.39, 0.29) is 12.2 Å². The van der Waals surface area contributed by atoms with Crippen molar-refractivity contribution < 1.29 is 9.59 Å². The second-order valence-electron chi connectivity index (χ2n) is 2.26. The molecule has 4 nitrogen and oxygen atoms in total. The zero-order valence-electron chi connectivity index (χ0n) is 5.91. The van der Waals surface area contributed by atoms with Crippen LogP contribution in [0.3, 0.4) is 0 Å². The minimum atomic E-state index is -0.469. The quantitative estimate of drug-likeness (QED) is 0.594. The van der Waals surface area contributed by atoms with Crippen molar-refractivity contribution in [2.24, 2.45) is 10.7 Å². The summed E-state index contributed by atoms with van der Waals surface area (Å²) in [5, 5.41) is 0. The number of carbonyl (C=O) groups excluding carboxylic acids is 2. The number of amides is 1. The maximum Gasteiger partial charge on any atom is 0.223 e. The van der Waals surface area contributed by atoms with Crippen molar-refractivity contribution in [2.45, 2.75) is 12.8 Å². The maximum absolute atomic E-state index is 10.7. The van der Waals surface area contributed by atoms with E-state index in [4.69, 9.17) is 5.73 Å². The SMILES string of the molecule is NC(=O)CC1=CC(=O)CC=N1. The lowest BCUT2D eigenvalue weighted by molar-refractivity contribution is -0.117. The van der Waals surface area contributed by atoms with E-state index in [9.17, 15) is 9.59 Å². The topological polar surface area (TPSA) is 72.5 Å². The fraction of sp³-hybridized carbons (Fsp3) is 0.286. The number of allylic oxidation sites excluding steroid dienone is 1. The van der Waals surface area contributed by atoms with Gasteiger partial charge in [-0.15, -0.1) is 0 Å². The van der Waals surface area contributed by atoms with Gasteiger partial charge in [0.2, 0.25) is 5.91 Å². The van der Waals surface area contributed by atoms with Crippen LogP contribution >= 0.6 is 0 Å². The highest BCUT2D eigenvalue weighted by molar-refractivity contribution is 6.02. The smallest absolute Gasteiger partial charge is 0.223 e. The second kappa shape index (κ2) is 3.09. The molecule has 4 heteroatoms. The first-order valence-electron chi connectivity index (χ1n) is 3.22. The number of aliphatic imine (C=N–C) groups is 1. The van der Waals surface area contributed by atoms with Crippen LogP contribution in [-0.2, 0) is 9.59 Å². The number of rotatable bonds is 2. The molecule has 0 atom stereocenters. The van der Waals surface area contributed by atoms with Gasteiger partial charge >= 0.3 is 0 Å².